The van der Waals surface area contributed by atoms with Crippen molar-refractivity contribution in [1.29, 1.82) is 0 Å². The van der Waals surface area contributed by atoms with E-state index in [2.05, 4.69) is 109 Å². The van der Waals surface area contributed by atoms with E-state index in [1.165, 1.54) is 5.56 Å². The van der Waals surface area contributed by atoms with Gasteiger partial charge in [0.2, 0.25) is 0 Å². The summed E-state index contributed by atoms with van der Waals surface area (Å²) >= 11 is 0. The second kappa shape index (κ2) is 9.49. The van der Waals surface area contributed by atoms with Crippen LogP contribution in [0.2, 0.25) is 0 Å². The van der Waals surface area contributed by atoms with Gasteiger partial charge in [-0.1, -0.05) is 75.4 Å². The molecule has 0 aliphatic carbocycles. The number of hydrogen-bond donors (Lipinski definition) is 1. The predicted molar refractivity (Wildman–Crippen MR) is 168 cm³/mol. The number of phenolic OH excluding ortho intramolecular Hbond substituents is 1. The molecule has 0 saturated heterocycles. The van der Waals surface area contributed by atoms with Gasteiger partial charge in [0.15, 0.2) is 0 Å². The Morgan fingerprint density at radius 3 is 2.15 bits per heavy atom. The highest BCUT2D eigenvalue weighted by Crippen LogP contribution is 2.54. The summed E-state index contributed by atoms with van der Waals surface area (Å²) < 4.78 is 0. The molecule has 0 bridgehead atoms. The minimum atomic E-state index is -0.0231. The Labute approximate surface area is 240 Å². The molecule has 4 aromatic carbocycles. The number of rotatable bonds is 3. The number of aromatic hydroxyl groups is 1. The summed E-state index contributed by atoms with van der Waals surface area (Å²) in [7, 11) is 0. The van der Waals surface area contributed by atoms with Crippen LogP contribution in [0.5, 0.6) is 5.75 Å². The standard InChI is InChI=1S/C36H30N4O/c1-36(2,3)26-20-21-37-34(23-26)40-30-14-8-7-13-29(30)39(27-11-5-4-6-12-27)31-19-17-25(22-32(31)40)28-18-16-24-10-9-15-33(41)35(24)38-28/h4-23,41H,1-3H3. The Morgan fingerprint density at radius 1 is 0.634 bits per heavy atom. The average molecular weight is 535 g/mol. The fraction of sp³-hybridized carbons (Fsp3) is 0.111. The summed E-state index contributed by atoms with van der Waals surface area (Å²) in [6, 6.07) is 39.1. The molecule has 2 aromatic heterocycles. The molecule has 1 aliphatic rings. The molecule has 0 saturated carbocycles. The number of nitrogens with zero attached hydrogens (tertiary/aromatic N) is 4. The number of para-hydroxylation sites is 4. The molecule has 41 heavy (non-hydrogen) atoms. The average Bonchev–Trinajstić information content (AvgIpc) is 2.99. The van der Waals surface area contributed by atoms with Crippen LogP contribution in [0.4, 0.5) is 34.3 Å². The maximum absolute atomic E-state index is 10.5. The van der Waals surface area contributed by atoms with E-state index >= 15 is 0 Å². The Bertz CT molecular complexity index is 1910. The Balaban J connectivity index is 1.48. The van der Waals surface area contributed by atoms with E-state index in [0.29, 0.717) is 5.52 Å². The van der Waals surface area contributed by atoms with Gasteiger partial charge in [-0.15, -0.1) is 0 Å². The van der Waals surface area contributed by atoms with Crippen molar-refractivity contribution in [3.63, 3.8) is 0 Å². The van der Waals surface area contributed by atoms with Crippen LogP contribution >= 0.6 is 0 Å². The summed E-state index contributed by atoms with van der Waals surface area (Å²) in [5.74, 6) is 1.04. The van der Waals surface area contributed by atoms with Crippen LogP contribution in [0.25, 0.3) is 22.2 Å². The van der Waals surface area contributed by atoms with Crippen molar-refractivity contribution in [3.05, 3.63) is 127 Å². The lowest BCUT2D eigenvalue weighted by molar-refractivity contribution is 0.480. The van der Waals surface area contributed by atoms with Crippen molar-refractivity contribution in [1.82, 2.24) is 9.97 Å². The second-order valence-electron chi connectivity index (χ2n) is 11.4. The van der Waals surface area contributed by atoms with E-state index in [-0.39, 0.29) is 11.2 Å². The van der Waals surface area contributed by atoms with Crippen LogP contribution < -0.4 is 9.80 Å². The van der Waals surface area contributed by atoms with Gasteiger partial charge >= 0.3 is 0 Å². The molecule has 5 heteroatoms. The smallest absolute Gasteiger partial charge is 0.141 e. The van der Waals surface area contributed by atoms with Gasteiger partial charge in [-0.25, -0.2) is 9.97 Å². The molecule has 1 aliphatic heterocycles. The molecule has 0 atom stereocenters. The molecular weight excluding hydrogens is 504 g/mol. The number of benzene rings is 4. The van der Waals surface area contributed by atoms with E-state index in [1.54, 1.807) is 6.07 Å². The van der Waals surface area contributed by atoms with E-state index in [9.17, 15) is 5.11 Å². The zero-order valence-electron chi connectivity index (χ0n) is 23.3. The topological polar surface area (TPSA) is 52.5 Å². The van der Waals surface area contributed by atoms with Crippen LogP contribution in [0.3, 0.4) is 0 Å². The first kappa shape index (κ1) is 24.9. The van der Waals surface area contributed by atoms with E-state index in [4.69, 9.17) is 9.97 Å². The SMILES string of the molecule is CC(C)(C)c1ccnc(N2c3ccccc3N(c3ccccc3)c3ccc(-c4ccc5cccc(O)c5n4)cc32)c1. The van der Waals surface area contributed by atoms with Gasteiger partial charge in [-0.05, 0) is 71.6 Å². The summed E-state index contributed by atoms with van der Waals surface area (Å²) in [5.41, 5.74) is 8.79. The third kappa shape index (κ3) is 4.27. The first-order valence-corrected chi connectivity index (χ1v) is 13.8. The van der Waals surface area contributed by atoms with Gasteiger partial charge in [-0.2, -0.15) is 0 Å². The monoisotopic (exact) mass is 534 g/mol. The van der Waals surface area contributed by atoms with Crippen molar-refractivity contribution in [2.75, 3.05) is 9.80 Å². The Kier molecular flexibility index (Phi) is 5.75. The fourth-order valence-corrected chi connectivity index (χ4v) is 5.55. The fourth-order valence-electron chi connectivity index (χ4n) is 5.55. The van der Waals surface area contributed by atoms with Gasteiger partial charge in [0.25, 0.3) is 0 Å². The first-order valence-electron chi connectivity index (χ1n) is 13.8. The van der Waals surface area contributed by atoms with Crippen molar-refractivity contribution in [3.8, 4) is 17.0 Å². The summed E-state index contributed by atoms with van der Waals surface area (Å²) in [6.07, 6.45) is 1.90. The summed E-state index contributed by atoms with van der Waals surface area (Å²) in [5, 5.41) is 11.4. The lowest BCUT2D eigenvalue weighted by Gasteiger charge is -2.40. The third-order valence-electron chi connectivity index (χ3n) is 7.67. The van der Waals surface area contributed by atoms with E-state index in [0.717, 1.165) is 50.9 Å². The number of phenols is 1. The van der Waals surface area contributed by atoms with Gasteiger partial charge in [0, 0.05) is 22.8 Å². The number of pyridine rings is 2. The molecule has 1 N–H and O–H groups in total. The second-order valence-corrected chi connectivity index (χ2v) is 11.4. The molecule has 3 heterocycles. The largest absolute Gasteiger partial charge is 0.506 e. The molecule has 5 nitrogen and oxygen atoms in total. The molecule has 0 radical (unpaired) electrons. The summed E-state index contributed by atoms with van der Waals surface area (Å²) in [4.78, 5) is 14.3. The van der Waals surface area contributed by atoms with Gasteiger partial charge in [0.05, 0.1) is 28.4 Å². The van der Waals surface area contributed by atoms with Crippen LogP contribution in [0.1, 0.15) is 26.3 Å². The molecule has 6 aromatic rings. The summed E-state index contributed by atoms with van der Waals surface area (Å²) in [6.45, 7) is 6.67. The molecule has 7 rings (SSSR count). The lowest BCUT2D eigenvalue weighted by atomic mass is 9.87. The maximum atomic E-state index is 10.5. The van der Waals surface area contributed by atoms with Crippen molar-refractivity contribution >= 4 is 45.2 Å². The van der Waals surface area contributed by atoms with Crippen LogP contribution in [0, 0.1) is 0 Å². The van der Waals surface area contributed by atoms with Gasteiger partial charge < -0.3 is 10.0 Å². The molecule has 0 spiro atoms. The van der Waals surface area contributed by atoms with Gasteiger partial charge in [-0.3, -0.25) is 4.90 Å². The highest BCUT2D eigenvalue weighted by molar-refractivity contribution is 6.02. The van der Waals surface area contributed by atoms with E-state index < -0.39 is 0 Å². The number of hydrogen-bond acceptors (Lipinski definition) is 5. The molecule has 0 fully saturated rings. The van der Waals surface area contributed by atoms with Crippen LogP contribution in [-0.4, -0.2) is 15.1 Å². The van der Waals surface area contributed by atoms with Crippen molar-refractivity contribution < 1.29 is 5.11 Å². The minimum absolute atomic E-state index is 0.0231. The van der Waals surface area contributed by atoms with Crippen LogP contribution in [-0.2, 0) is 5.41 Å². The van der Waals surface area contributed by atoms with Crippen molar-refractivity contribution in [2.45, 2.75) is 26.2 Å². The Morgan fingerprint density at radius 2 is 1.37 bits per heavy atom. The quantitative estimate of drug-likeness (QED) is 0.245. The molecule has 200 valence electrons. The van der Waals surface area contributed by atoms with E-state index in [1.807, 2.05) is 36.5 Å². The minimum Gasteiger partial charge on any atom is -0.506 e. The highest BCUT2D eigenvalue weighted by atomic mass is 16.3. The first-order chi connectivity index (χ1) is 19.9. The Hall–Kier alpha value is -5.16. The molecule has 0 amide bonds. The van der Waals surface area contributed by atoms with Gasteiger partial charge in [0.1, 0.15) is 17.1 Å². The lowest BCUT2D eigenvalue weighted by Crippen LogP contribution is -2.25. The zero-order valence-corrected chi connectivity index (χ0v) is 23.3. The molecule has 0 unspecified atom stereocenters. The molecular formula is C36H30N4O. The zero-order chi connectivity index (χ0) is 28.1. The van der Waals surface area contributed by atoms with Crippen molar-refractivity contribution in [2.24, 2.45) is 0 Å². The normalized spacial score (nSPS) is 12.8. The predicted octanol–water partition coefficient (Wildman–Crippen LogP) is 9.55. The number of aromatic nitrogens is 2. The van der Waals surface area contributed by atoms with Crippen LogP contribution in [0.15, 0.2) is 121 Å². The number of fused-ring (bicyclic) bond motifs is 3. The maximum Gasteiger partial charge on any atom is 0.141 e. The highest BCUT2D eigenvalue weighted by Gasteiger charge is 2.32. The number of anilines is 6. The third-order valence-corrected chi connectivity index (χ3v) is 7.67.